The highest BCUT2D eigenvalue weighted by molar-refractivity contribution is 9.09. The zero-order chi connectivity index (χ0) is 15.2. The standard InChI is InChI=1S/C16H20BrN3O/c1-3-15-14(11-20(2)19-15)16(21)18-13(10-17)9-12-7-5-4-6-8-12/h4-8,11,13H,3,9-10H2,1-2H3,(H,18,21). The van der Waals surface area contributed by atoms with Gasteiger partial charge in [-0.1, -0.05) is 53.2 Å². The maximum absolute atomic E-state index is 12.4. The van der Waals surface area contributed by atoms with Gasteiger partial charge in [0, 0.05) is 24.6 Å². The van der Waals surface area contributed by atoms with Gasteiger partial charge in [-0.2, -0.15) is 5.10 Å². The molecule has 0 radical (unpaired) electrons. The molecular weight excluding hydrogens is 330 g/mol. The second-order valence-corrected chi connectivity index (χ2v) is 5.68. The fraction of sp³-hybridized carbons (Fsp3) is 0.375. The second-order valence-electron chi connectivity index (χ2n) is 5.03. The molecule has 0 aliphatic heterocycles. The van der Waals surface area contributed by atoms with Gasteiger partial charge in [0.05, 0.1) is 11.3 Å². The molecule has 1 atom stereocenters. The van der Waals surface area contributed by atoms with E-state index in [-0.39, 0.29) is 11.9 Å². The van der Waals surface area contributed by atoms with Crippen molar-refractivity contribution >= 4 is 21.8 Å². The highest BCUT2D eigenvalue weighted by Crippen LogP contribution is 2.10. The van der Waals surface area contributed by atoms with Gasteiger partial charge in [-0.05, 0) is 18.4 Å². The van der Waals surface area contributed by atoms with E-state index in [2.05, 4.69) is 38.5 Å². The Balaban J connectivity index is 2.05. The molecular formula is C16H20BrN3O. The van der Waals surface area contributed by atoms with Gasteiger partial charge in [-0.25, -0.2) is 0 Å². The minimum Gasteiger partial charge on any atom is -0.348 e. The Morgan fingerprint density at radius 1 is 1.38 bits per heavy atom. The molecule has 2 aromatic rings. The summed E-state index contributed by atoms with van der Waals surface area (Å²) in [4.78, 5) is 12.4. The predicted molar refractivity (Wildman–Crippen MR) is 87.8 cm³/mol. The first-order valence-electron chi connectivity index (χ1n) is 7.07. The van der Waals surface area contributed by atoms with Crippen LogP contribution in [0, 0.1) is 0 Å². The summed E-state index contributed by atoms with van der Waals surface area (Å²) in [5, 5.41) is 8.11. The molecule has 0 spiro atoms. The summed E-state index contributed by atoms with van der Waals surface area (Å²) in [6, 6.07) is 10.2. The van der Waals surface area contributed by atoms with Crippen molar-refractivity contribution in [2.75, 3.05) is 5.33 Å². The number of hydrogen-bond acceptors (Lipinski definition) is 2. The number of nitrogens with zero attached hydrogens (tertiary/aromatic N) is 2. The lowest BCUT2D eigenvalue weighted by molar-refractivity contribution is 0.0940. The normalized spacial score (nSPS) is 12.1. The third kappa shape index (κ3) is 4.17. The number of benzene rings is 1. The van der Waals surface area contributed by atoms with Crippen LogP contribution in [0.25, 0.3) is 0 Å². The molecule has 0 aliphatic rings. The average molecular weight is 350 g/mol. The first-order valence-corrected chi connectivity index (χ1v) is 8.19. The van der Waals surface area contributed by atoms with Crippen molar-refractivity contribution in [3.05, 3.63) is 53.3 Å². The number of hydrogen-bond donors (Lipinski definition) is 1. The van der Waals surface area contributed by atoms with Crippen molar-refractivity contribution in [2.45, 2.75) is 25.8 Å². The molecule has 0 bridgehead atoms. The molecule has 0 saturated carbocycles. The number of rotatable bonds is 6. The summed E-state index contributed by atoms with van der Waals surface area (Å²) in [5.74, 6) is -0.0552. The van der Waals surface area contributed by atoms with Crippen LogP contribution in [0.4, 0.5) is 0 Å². The minimum absolute atomic E-state index is 0.0552. The summed E-state index contributed by atoms with van der Waals surface area (Å²) in [6.45, 7) is 2.01. The second kappa shape index (κ2) is 7.41. The van der Waals surface area contributed by atoms with Crippen LogP contribution in [0.1, 0.15) is 28.5 Å². The van der Waals surface area contributed by atoms with Crippen LogP contribution in [0.15, 0.2) is 36.5 Å². The molecule has 5 heteroatoms. The minimum atomic E-state index is -0.0552. The van der Waals surface area contributed by atoms with E-state index in [4.69, 9.17) is 0 Å². The number of amides is 1. The van der Waals surface area contributed by atoms with E-state index in [1.54, 1.807) is 10.9 Å². The lowest BCUT2D eigenvalue weighted by atomic mass is 10.1. The van der Waals surface area contributed by atoms with Crippen molar-refractivity contribution in [3.63, 3.8) is 0 Å². The fourth-order valence-corrected chi connectivity index (χ4v) is 2.68. The monoisotopic (exact) mass is 349 g/mol. The number of aryl methyl sites for hydroxylation is 2. The van der Waals surface area contributed by atoms with Crippen molar-refractivity contribution in [3.8, 4) is 0 Å². The first-order chi connectivity index (χ1) is 10.1. The molecule has 21 heavy (non-hydrogen) atoms. The largest absolute Gasteiger partial charge is 0.348 e. The quantitative estimate of drug-likeness (QED) is 0.815. The summed E-state index contributed by atoms with van der Waals surface area (Å²) in [6.07, 6.45) is 3.34. The summed E-state index contributed by atoms with van der Waals surface area (Å²) in [5.41, 5.74) is 2.71. The van der Waals surface area contributed by atoms with E-state index in [1.807, 2.05) is 32.2 Å². The van der Waals surface area contributed by atoms with Gasteiger partial charge in [0.1, 0.15) is 0 Å². The number of halogens is 1. The molecule has 0 saturated heterocycles. The van der Waals surface area contributed by atoms with Crippen LogP contribution >= 0.6 is 15.9 Å². The van der Waals surface area contributed by atoms with Crippen LogP contribution in [-0.4, -0.2) is 27.1 Å². The average Bonchev–Trinajstić information content (AvgIpc) is 2.88. The van der Waals surface area contributed by atoms with Gasteiger partial charge >= 0.3 is 0 Å². The number of aromatic nitrogens is 2. The molecule has 1 unspecified atom stereocenters. The molecule has 1 aromatic carbocycles. The lowest BCUT2D eigenvalue weighted by Crippen LogP contribution is -2.37. The van der Waals surface area contributed by atoms with Gasteiger partial charge in [0.15, 0.2) is 0 Å². The zero-order valence-electron chi connectivity index (χ0n) is 12.3. The van der Waals surface area contributed by atoms with Gasteiger partial charge in [0.2, 0.25) is 0 Å². The molecule has 4 nitrogen and oxygen atoms in total. The van der Waals surface area contributed by atoms with E-state index in [1.165, 1.54) is 5.56 Å². The molecule has 0 fully saturated rings. The van der Waals surface area contributed by atoms with Crippen LogP contribution in [0.3, 0.4) is 0 Å². The Hall–Kier alpha value is -1.62. The summed E-state index contributed by atoms with van der Waals surface area (Å²) < 4.78 is 1.69. The SMILES string of the molecule is CCc1nn(C)cc1C(=O)NC(CBr)Cc1ccccc1. The molecule has 1 amide bonds. The number of carbonyl (C=O) groups is 1. The van der Waals surface area contributed by atoms with Gasteiger partial charge in [0.25, 0.3) is 5.91 Å². The van der Waals surface area contributed by atoms with Crippen molar-refractivity contribution < 1.29 is 4.79 Å². The Morgan fingerprint density at radius 3 is 2.71 bits per heavy atom. The summed E-state index contributed by atoms with van der Waals surface area (Å²) >= 11 is 3.48. The Labute approximate surface area is 133 Å². The molecule has 2 rings (SSSR count). The molecule has 1 N–H and O–H groups in total. The highest BCUT2D eigenvalue weighted by atomic mass is 79.9. The molecule has 1 aromatic heterocycles. The van der Waals surface area contributed by atoms with Crippen molar-refractivity contribution in [2.24, 2.45) is 7.05 Å². The van der Waals surface area contributed by atoms with Gasteiger partial charge < -0.3 is 5.32 Å². The van der Waals surface area contributed by atoms with E-state index >= 15 is 0 Å². The maximum Gasteiger partial charge on any atom is 0.255 e. The van der Waals surface area contributed by atoms with E-state index < -0.39 is 0 Å². The Bertz CT molecular complexity index is 595. The smallest absolute Gasteiger partial charge is 0.255 e. The third-order valence-electron chi connectivity index (χ3n) is 3.33. The third-order valence-corrected chi connectivity index (χ3v) is 4.11. The first kappa shape index (κ1) is 15.8. The van der Waals surface area contributed by atoms with Crippen LogP contribution in [0.5, 0.6) is 0 Å². The zero-order valence-corrected chi connectivity index (χ0v) is 13.9. The van der Waals surface area contributed by atoms with Crippen molar-refractivity contribution in [1.29, 1.82) is 0 Å². The topological polar surface area (TPSA) is 46.9 Å². The Morgan fingerprint density at radius 2 is 2.10 bits per heavy atom. The van der Waals surface area contributed by atoms with Crippen LogP contribution in [0.2, 0.25) is 0 Å². The van der Waals surface area contributed by atoms with E-state index in [0.29, 0.717) is 5.56 Å². The molecule has 0 aliphatic carbocycles. The highest BCUT2D eigenvalue weighted by Gasteiger charge is 2.18. The number of nitrogens with one attached hydrogen (secondary N) is 1. The lowest BCUT2D eigenvalue weighted by Gasteiger charge is -2.16. The van der Waals surface area contributed by atoms with Crippen LogP contribution < -0.4 is 5.32 Å². The van der Waals surface area contributed by atoms with Crippen molar-refractivity contribution in [1.82, 2.24) is 15.1 Å². The van der Waals surface area contributed by atoms with E-state index in [0.717, 1.165) is 23.9 Å². The number of alkyl halides is 1. The maximum atomic E-state index is 12.4. The van der Waals surface area contributed by atoms with Gasteiger partial charge in [-0.15, -0.1) is 0 Å². The van der Waals surface area contributed by atoms with Gasteiger partial charge in [-0.3, -0.25) is 9.48 Å². The summed E-state index contributed by atoms with van der Waals surface area (Å²) in [7, 11) is 1.84. The number of carbonyl (C=O) groups excluding carboxylic acids is 1. The molecule has 1 heterocycles. The molecule has 112 valence electrons. The van der Waals surface area contributed by atoms with Crippen LogP contribution in [-0.2, 0) is 19.9 Å². The van der Waals surface area contributed by atoms with E-state index in [9.17, 15) is 4.79 Å². The Kier molecular flexibility index (Phi) is 5.56. The fourth-order valence-electron chi connectivity index (χ4n) is 2.29. The predicted octanol–water partition coefficient (Wildman–Crippen LogP) is 2.72.